The Balaban J connectivity index is 2.48. The Kier molecular flexibility index (Phi) is 2.97. The van der Waals surface area contributed by atoms with Crippen LogP contribution < -0.4 is 11.5 Å². The smallest absolute Gasteiger partial charge is 0.198 e. The summed E-state index contributed by atoms with van der Waals surface area (Å²) in [4.78, 5) is 16.0. The van der Waals surface area contributed by atoms with Crippen molar-refractivity contribution in [3.05, 3.63) is 52.7 Å². The first-order valence-corrected chi connectivity index (χ1v) is 5.27. The molecular weight excluding hydrogens is 238 g/mol. The monoisotopic (exact) mass is 247 g/mol. The standard InChI is InChI=1S/C12H10ClN3O/c13-7-3-4-8(10(14)6-7)11(17)9-2-1-5-16-12(9)15/h1-6H,14H2,(H2,15,16). The van der Waals surface area contributed by atoms with Crippen molar-refractivity contribution in [2.75, 3.05) is 11.5 Å². The number of pyridine rings is 1. The van der Waals surface area contributed by atoms with Gasteiger partial charge in [0, 0.05) is 22.5 Å². The van der Waals surface area contributed by atoms with Crippen molar-refractivity contribution in [2.24, 2.45) is 0 Å². The number of nitrogens with zero attached hydrogens (tertiary/aromatic N) is 1. The van der Waals surface area contributed by atoms with Crippen molar-refractivity contribution >= 4 is 28.9 Å². The van der Waals surface area contributed by atoms with Crippen LogP contribution in [-0.2, 0) is 0 Å². The van der Waals surface area contributed by atoms with Gasteiger partial charge in [-0.25, -0.2) is 4.98 Å². The summed E-state index contributed by atoms with van der Waals surface area (Å²) in [6.07, 6.45) is 1.53. The number of ketones is 1. The van der Waals surface area contributed by atoms with Crippen LogP contribution in [0.5, 0.6) is 0 Å². The maximum atomic E-state index is 12.2. The largest absolute Gasteiger partial charge is 0.398 e. The molecule has 1 heterocycles. The van der Waals surface area contributed by atoms with Crippen LogP contribution in [0.4, 0.5) is 11.5 Å². The second-order valence-corrected chi connectivity index (χ2v) is 3.93. The molecule has 0 saturated heterocycles. The number of nitrogens with two attached hydrogens (primary N) is 2. The molecule has 0 amide bonds. The molecule has 5 heteroatoms. The molecule has 2 rings (SSSR count). The highest BCUT2D eigenvalue weighted by Crippen LogP contribution is 2.22. The number of hydrogen-bond acceptors (Lipinski definition) is 4. The highest BCUT2D eigenvalue weighted by atomic mass is 35.5. The fourth-order valence-electron chi connectivity index (χ4n) is 1.49. The summed E-state index contributed by atoms with van der Waals surface area (Å²) >= 11 is 5.77. The lowest BCUT2D eigenvalue weighted by atomic mass is 10.0. The number of rotatable bonds is 2. The van der Waals surface area contributed by atoms with E-state index in [0.717, 1.165) is 0 Å². The van der Waals surface area contributed by atoms with E-state index in [1.165, 1.54) is 12.3 Å². The van der Waals surface area contributed by atoms with Gasteiger partial charge in [0.2, 0.25) is 0 Å². The summed E-state index contributed by atoms with van der Waals surface area (Å²) in [5.41, 5.74) is 12.4. The molecule has 1 aromatic heterocycles. The van der Waals surface area contributed by atoms with Gasteiger partial charge in [0.15, 0.2) is 5.78 Å². The van der Waals surface area contributed by atoms with Crippen molar-refractivity contribution in [1.82, 2.24) is 4.98 Å². The molecule has 4 N–H and O–H groups in total. The molecule has 2 aromatic rings. The number of aromatic nitrogens is 1. The third kappa shape index (κ3) is 2.21. The quantitative estimate of drug-likeness (QED) is 0.629. The molecule has 0 atom stereocenters. The Morgan fingerprint density at radius 1 is 1.18 bits per heavy atom. The third-order valence-electron chi connectivity index (χ3n) is 2.34. The summed E-state index contributed by atoms with van der Waals surface area (Å²) in [5.74, 6) is -0.0726. The van der Waals surface area contributed by atoms with E-state index in [4.69, 9.17) is 23.1 Å². The molecular formula is C12H10ClN3O. The van der Waals surface area contributed by atoms with Gasteiger partial charge < -0.3 is 11.5 Å². The molecule has 0 saturated carbocycles. The molecule has 86 valence electrons. The van der Waals surface area contributed by atoms with E-state index in [1.54, 1.807) is 24.3 Å². The van der Waals surface area contributed by atoms with Crippen molar-refractivity contribution in [2.45, 2.75) is 0 Å². The second kappa shape index (κ2) is 4.43. The SMILES string of the molecule is Nc1cc(Cl)ccc1C(=O)c1cccnc1N. The van der Waals surface area contributed by atoms with Gasteiger partial charge in [0.25, 0.3) is 0 Å². The Bertz CT molecular complexity index is 584. The Morgan fingerprint density at radius 2 is 1.94 bits per heavy atom. The zero-order chi connectivity index (χ0) is 12.4. The zero-order valence-electron chi connectivity index (χ0n) is 8.85. The number of carbonyl (C=O) groups excluding carboxylic acids is 1. The minimum absolute atomic E-state index is 0.187. The number of nitrogen functional groups attached to an aromatic ring is 2. The molecule has 0 fully saturated rings. The summed E-state index contributed by atoms with van der Waals surface area (Å²) in [7, 11) is 0. The lowest BCUT2D eigenvalue weighted by Gasteiger charge is -2.06. The molecule has 1 aromatic carbocycles. The Morgan fingerprint density at radius 3 is 2.59 bits per heavy atom. The first-order valence-electron chi connectivity index (χ1n) is 4.90. The van der Waals surface area contributed by atoms with E-state index < -0.39 is 0 Å². The molecule has 17 heavy (non-hydrogen) atoms. The van der Waals surface area contributed by atoms with E-state index in [-0.39, 0.29) is 11.6 Å². The van der Waals surface area contributed by atoms with E-state index in [2.05, 4.69) is 4.98 Å². The van der Waals surface area contributed by atoms with E-state index in [9.17, 15) is 4.79 Å². The van der Waals surface area contributed by atoms with Crippen molar-refractivity contribution in [1.29, 1.82) is 0 Å². The topological polar surface area (TPSA) is 82.0 Å². The molecule has 4 nitrogen and oxygen atoms in total. The first-order chi connectivity index (χ1) is 8.09. The number of halogens is 1. The predicted octanol–water partition coefficient (Wildman–Crippen LogP) is 2.13. The van der Waals surface area contributed by atoms with Crippen molar-refractivity contribution in [3.63, 3.8) is 0 Å². The highest BCUT2D eigenvalue weighted by Gasteiger charge is 2.15. The van der Waals surface area contributed by atoms with Crippen LogP contribution in [0, 0.1) is 0 Å². The van der Waals surface area contributed by atoms with Crippen LogP contribution in [0.3, 0.4) is 0 Å². The van der Waals surface area contributed by atoms with Gasteiger partial charge in [-0.15, -0.1) is 0 Å². The van der Waals surface area contributed by atoms with Gasteiger partial charge in [0.05, 0.1) is 5.56 Å². The molecule has 0 radical (unpaired) electrons. The van der Waals surface area contributed by atoms with Crippen LogP contribution in [0.2, 0.25) is 5.02 Å². The van der Waals surface area contributed by atoms with Crippen LogP contribution >= 0.6 is 11.6 Å². The van der Waals surface area contributed by atoms with Gasteiger partial charge >= 0.3 is 0 Å². The van der Waals surface area contributed by atoms with Crippen LogP contribution in [0.1, 0.15) is 15.9 Å². The normalized spacial score (nSPS) is 10.2. The van der Waals surface area contributed by atoms with Crippen molar-refractivity contribution in [3.8, 4) is 0 Å². The average Bonchev–Trinajstić information content (AvgIpc) is 2.29. The molecule has 0 bridgehead atoms. The number of carbonyl (C=O) groups is 1. The lowest BCUT2D eigenvalue weighted by molar-refractivity contribution is 0.104. The van der Waals surface area contributed by atoms with Gasteiger partial charge in [0.1, 0.15) is 5.82 Å². The Labute approximate surface area is 103 Å². The summed E-state index contributed by atoms with van der Waals surface area (Å²) in [6, 6.07) is 7.97. The van der Waals surface area contributed by atoms with Crippen molar-refractivity contribution < 1.29 is 4.79 Å². The summed E-state index contributed by atoms with van der Waals surface area (Å²) in [6.45, 7) is 0. The summed E-state index contributed by atoms with van der Waals surface area (Å²) in [5, 5.41) is 0.484. The lowest BCUT2D eigenvalue weighted by Crippen LogP contribution is -2.09. The predicted molar refractivity (Wildman–Crippen MR) is 67.9 cm³/mol. The van der Waals surface area contributed by atoms with Crippen LogP contribution in [0.15, 0.2) is 36.5 Å². The van der Waals surface area contributed by atoms with Crippen LogP contribution in [0.25, 0.3) is 0 Å². The average molecular weight is 248 g/mol. The molecule has 0 unspecified atom stereocenters. The van der Waals surface area contributed by atoms with E-state index in [0.29, 0.717) is 21.8 Å². The summed E-state index contributed by atoms with van der Waals surface area (Å²) < 4.78 is 0. The van der Waals surface area contributed by atoms with E-state index in [1.807, 2.05) is 0 Å². The maximum Gasteiger partial charge on any atom is 0.198 e. The first kappa shape index (κ1) is 11.4. The number of anilines is 2. The van der Waals surface area contributed by atoms with Gasteiger partial charge in [-0.3, -0.25) is 4.79 Å². The minimum Gasteiger partial charge on any atom is -0.398 e. The molecule has 0 aliphatic carbocycles. The molecule has 0 aliphatic rings. The number of benzene rings is 1. The molecule has 0 spiro atoms. The highest BCUT2D eigenvalue weighted by molar-refractivity contribution is 6.31. The number of hydrogen-bond donors (Lipinski definition) is 2. The zero-order valence-corrected chi connectivity index (χ0v) is 9.61. The Hall–Kier alpha value is -2.07. The fourth-order valence-corrected chi connectivity index (χ4v) is 1.68. The molecule has 0 aliphatic heterocycles. The van der Waals surface area contributed by atoms with E-state index >= 15 is 0 Å². The van der Waals surface area contributed by atoms with Gasteiger partial charge in [-0.2, -0.15) is 0 Å². The maximum absolute atomic E-state index is 12.2. The second-order valence-electron chi connectivity index (χ2n) is 3.50. The fraction of sp³-hybridized carbons (Fsp3) is 0. The minimum atomic E-state index is -0.259. The van der Waals surface area contributed by atoms with Crippen LogP contribution in [-0.4, -0.2) is 10.8 Å². The third-order valence-corrected chi connectivity index (χ3v) is 2.58. The van der Waals surface area contributed by atoms with Gasteiger partial charge in [-0.1, -0.05) is 11.6 Å². The van der Waals surface area contributed by atoms with Gasteiger partial charge in [-0.05, 0) is 30.3 Å².